The summed E-state index contributed by atoms with van der Waals surface area (Å²) >= 11 is 0. The monoisotopic (exact) mass is 333 g/mol. The third-order valence-electron chi connectivity index (χ3n) is 3.94. The van der Waals surface area contributed by atoms with Crippen molar-refractivity contribution < 1.29 is 4.39 Å². The maximum atomic E-state index is 13.2. The van der Waals surface area contributed by atoms with Gasteiger partial charge in [-0.2, -0.15) is 9.61 Å². The molecule has 0 aliphatic carbocycles. The van der Waals surface area contributed by atoms with Gasteiger partial charge in [-0.3, -0.25) is 4.98 Å². The molecule has 124 valence electrons. The minimum absolute atomic E-state index is 0.260. The predicted octanol–water partition coefficient (Wildman–Crippen LogP) is 3.59. The second kappa shape index (κ2) is 6.68. The minimum Gasteiger partial charge on any atom is -0.370 e. The molecule has 0 saturated heterocycles. The van der Waals surface area contributed by atoms with Crippen molar-refractivity contribution >= 4 is 11.5 Å². The fraction of sp³-hybridized carbons (Fsp3) is 0.105. The van der Waals surface area contributed by atoms with Gasteiger partial charge in [0.2, 0.25) is 0 Å². The number of benzene rings is 1. The van der Waals surface area contributed by atoms with Crippen LogP contribution in [0, 0.1) is 5.82 Å². The highest BCUT2D eigenvalue weighted by Crippen LogP contribution is 2.22. The zero-order valence-corrected chi connectivity index (χ0v) is 13.4. The lowest BCUT2D eigenvalue weighted by Crippen LogP contribution is -2.10. The van der Waals surface area contributed by atoms with Crippen LogP contribution in [0.25, 0.3) is 16.9 Å². The van der Waals surface area contributed by atoms with E-state index in [9.17, 15) is 4.39 Å². The van der Waals surface area contributed by atoms with Gasteiger partial charge in [-0.05, 0) is 42.3 Å². The van der Waals surface area contributed by atoms with Gasteiger partial charge in [-0.15, -0.1) is 0 Å². The number of aromatic nitrogens is 4. The van der Waals surface area contributed by atoms with Crippen LogP contribution in [0.2, 0.25) is 0 Å². The second-order valence-corrected chi connectivity index (χ2v) is 5.67. The minimum atomic E-state index is -0.260. The zero-order valence-electron chi connectivity index (χ0n) is 13.4. The van der Waals surface area contributed by atoms with Crippen LogP contribution in [0.15, 0.2) is 67.1 Å². The lowest BCUT2D eigenvalue weighted by molar-refractivity contribution is 0.628. The molecule has 3 heterocycles. The molecule has 25 heavy (non-hydrogen) atoms. The first-order chi connectivity index (χ1) is 12.3. The molecule has 6 heteroatoms. The van der Waals surface area contributed by atoms with Gasteiger partial charge in [-0.1, -0.05) is 6.07 Å². The van der Waals surface area contributed by atoms with Gasteiger partial charge >= 0.3 is 0 Å². The van der Waals surface area contributed by atoms with E-state index in [0.717, 1.165) is 35.7 Å². The third kappa shape index (κ3) is 3.33. The van der Waals surface area contributed by atoms with Crippen LogP contribution in [0.1, 0.15) is 5.56 Å². The van der Waals surface area contributed by atoms with E-state index < -0.39 is 0 Å². The first kappa shape index (κ1) is 15.3. The summed E-state index contributed by atoms with van der Waals surface area (Å²) < 4.78 is 14.9. The van der Waals surface area contributed by atoms with Crippen molar-refractivity contribution in [2.75, 3.05) is 11.9 Å². The van der Waals surface area contributed by atoms with Crippen LogP contribution < -0.4 is 5.32 Å². The topological polar surface area (TPSA) is 55.1 Å². The summed E-state index contributed by atoms with van der Waals surface area (Å²) in [7, 11) is 0. The van der Waals surface area contributed by atoms with E-state index in [1.54, 1.807) is 29.0 Å². The number of halogens is 1. The van der Waals surface area contributed by atoms with Crippen LogP contribution in [-0.2, 0) is 6.42 Å². The molecule has 0 unspecified atom stereocenters. The van der Waals surface area contributed by atoms with Crippen molar-refractivity contribution in [2.24, 2.45) is 0 Å². The SMILES string of the molecule is Fc1ccc(-c2cc(NCCc3cccnc3)n3nccc3n2)cc1. The maximum Gasteiger partial charge on any atom is 0.157 e. The third-order valence-corrected chi connectivity index (χ3v) is 3.94. The molecule has 0 aliphatic heterocycles. The predicted molar refractivity (Wildman–Crippen MR) is 94.8 cm³/mol. The summed E-state index contributed by atoms with van der Waals surface area (Å²) in [5, 5.41) is 7.71. The van der Waals surface area contributed by atoms with Gasteiger partial charge in [-0.25, -0.2) is 9.37 Å². The van der Waals surface area contributed by atoms with Gasteiger partial charge in [0, 0.05) is 36.6 Å². The molecule has 1 N–H and O–H groups in total. The largest absolute Gasteiger partial charge is 0.370 e. The summed E-state index contributed by atoms with van der Waals surface area (Å²) in [6.07, 6.45) is 6.19. The van der Waals surface area contributed by atoms with E-state index in [-0.39, 0.29) is 5.82 Å². The van der Waals surface area contributed by atoms with Gasteiger partial charge in [0.15, 0.2) is 5.65 Å². The summed E-state index contributed by atoms with van der Waals surface area (Å²) in [6, 6.07) is 14.1. The van der Waals surface area contributed by atoms with E-state index in [4.69, 9.17) is 0 Å². The number of pyridine rings is 1. The van der Waals surface area contributed by atoms with Crippen LogP contribution in [0.5, 0.6) is 0 Å². The van der Waals surface area contributed by atoms with E-state index in [0.29, 0.717) is 0 Å². The van der Waals surface area contributed by atoms with Crippen molar-refractivity contribution in [1.29, 1.82) is 0 Å². The van der Waals surface area contributed by atoms with Gasteiger partial charge < -0.3 is 5.32 Å². The molecule has 4 aromatic rings. The average Bonchev–Trinajstić information content (AvgIpc) is 3.12. The molecule has 0 saturated carbocycles. The molecule has 1 aromatic carbocycles. The summed E-state index contributed by atoms with van der Waals surface area (Å²) in [6.45, 7) is 0.744. The average molecular weight is 333 g/mol. The Morgan fingerprint density at radius 2 is 1.92 bits per heavy atom. The Hall–Kier alpha value is -3.28. The lowest BCUT2D eigenvalue weighted by Gasteiger charge is -2.11. The summed E-state index contributed by atoms with van der Waals surface area (Å²) in [4.78, 5) is 8.72. The first-order valence-electron chi connectivity index (χ1n) is 8.03. The van der Waals surface area contributed by atoms with Gasteiger partial charge in [0.05, 0.1) is 11.9 Å². The molecule has 4 rings (SSSR count). The zero-order chi connectivity index (χ0) is 17.1. The van der Waals surface area contributed by atoms with Gasteiger partial charge in [0.25, 0.3) is 0 Å². The smallest absolute Gasteiger partial charge is 0.157 e. The van der Waals surface area contributed by atoms with Gasteiger partial charge in [0.1, 0.15) is 11.6 Å². The number of hydrogen-bond donors (Lipinski definition) is 1. The van der Waals surface area contributed by atoms with Crippen molar-refractivity contribution in [2.45, 2.75) is 6.42 Å². The molecule has 0 fully saturated rings. The number of rotatable bonds is 5. The molecule has 3 aromatic heterocycles. The van der Waals surface area contributed by atoms with Crippen LogP contribution in [-0.4, -0.2) is 26.1 Å². The Kier molecular flexibility index (Phi) is 4.08. The first-order valence-corrected chi connectivity index (χ1v) is 8.03. The van der Waals surface area contributed by atoms with E-state index in [1.165, 1.54) is 17.7 Å². The molecule has 0 spiro atoms. The Balaban J connectivity index is 1.61. The fourth-order valence-electron chi connectivity index (χ4n) is 2.69. The number of hydrogen-bond acceptors (Lipinski definition) is 4. The normalized spacial score (nSPS) is 10.9. The number of anilines is 1. The van der Waals surface area contributed by atoms with E-state index in [2.05, 4.69) is 26.4 Å². The molecular formula is C19H16FN5. The molecule has 0 amide bonds. The molecule has 0 radical (unpaired) electrons. The summed E-state index contributed by atoms with van der Waals surface area (Å²) in [5.74, 6) is 0.585. The van der Waals surface area contributed by atoms with Crippen LogP contribution in [0.4, 0.5) is 10.2 Å². The highest BCUT2D eigenvalue weighted by Gasteiger charge is 2.08. The molecule has 0 aliphatic rings. The number of fused-ring (bicyclic) bond motifs is 1. The molecule has 0 bridgehead atoms. The molecule has 5 nitrogen and oxygen atoms in total. The highest BCUT2D eigenvalue weighted by atomic mass is 19.1. The highest BCUT2D eigenvalue weighted by molar-refractivity contribution is 5.66. The quantitative estimate of drug-likeness (QED) is 0.606. The van der Waals surface area contributed by atoms with E-state index in [1.807, 2.05) is 24.4 Å². The second-order valence-electron chi connectivity index (χ2n) is 5.67. The summed E-state index contributed by atoms with van der Waals surface area (Å²) in [5.41, 5.74) is 3.54. The molecular weight excluding hydrogens is 317 g/mol. The number of nitrogens with zero attached hydrogens (tertiary/aromatic N) is 4. The standard InChI is InChI=1S/C19H16FN5/c20-16-5-3-15(4-6-16)17-12-19(25-18(24-17)8-11-23-25)22-10-7-14-2-1-9-21-13-14/h1-6,8-9,11-13,22H,7,10H2. The fourth-order valence-corrected chi connectivity index (χ4v) is 2.69. The Morgan fingerprint density at radius 1 is 1.04 bits per heavy atom. The lowest BCUT2D eigenvalue weighted by atomic mass is 10.1. The Bertz CT molecular complexity index is 980. The van der Waals surface area contributed by atoms with Crippen molar-refractivity contribution in [3.8, 4) is 11.3 Å². The van der Waals surface area contributed by atoms with Crippen LogP contribution >= 0.6 is 0 Å². The van der Waals surface area contributed by atoms with Crippen molar-refractivity contribution in [1.82, 2.24) is 19.6 Å². The van der Waals surface area contributed by atoms with E-state index >= 15 is 0 Å². The van der Waals surface area contributed by atoms with Crippen molar-refractivity contribution in [3.63, 3.8) is 0 Å². The molecule has 0 atom stereocenters. The maximum absolute atomic E-state index is 13.2. The van der Waals surface area contributed by atoms with Crippen molar-refractivity contribution in [3.05, 3.63) is 78.5 Å². The van der Waals surface area contributed by atoms with Crippen LogP contribution in [0.3, 0.4) is 0 Å². The Morgan fingerprint density at radius 3 is 2.72 bits per heavy atom. The Labute approximate surface area is 144 Å². The number of nitrogens with one attached hydrogen (secondary N) is 1.